The Balaban J connectivity index is 1.82. The van der Waals surface area contributed by atoms with Gasteiger partial charge in [-0.2, -0.15) is 0 Å². The molecule has 0 bridgehead atoms. The number of rotatable bonds is 9. The number of amides is 1. The summed E-state index contributed by atoms with van der Waals surface area (Å²) in [5.74, 6) is 1.66. The smallest absolute Gasteiger partial charge is 0.260 e. The Bertz CT molecular complexity index is 742. The lowest BCUT2D eigenvalue weighted by atomic mass is 10.1. The molecule has 6 nitrogen and oxygen atoms in total. The Labute approximate surface area is 153 Å². The van der Waals surface area contributed by atoms with Crippen molar-refractivity contribution in [2.24, 2.45) is 0 Å². The molecule has 0 saturated carbocycles. The van der Waals surface area contributed by atoms with Gasteiger partial charge in [-0.05, 0) is 55.3 Å². The molecule has 0 radical (unpaired) electrons. The highest BCUT2D eigenvalue weighted by Crippen LogP contribution is 2.27. The number of hydrogen-bond acceptors (Lipinski definition) is 5. The molecule has 2 rings (SSSR count). The third kappa shape index (κ3) is 5.24. The van der Waals surface area contributed by atoms with E-state index < -0.39 is 6.10 Å². The summed E-state index contributed by atoms with van der Waals surface area (Å²) in [6.45, 7) is 2.16. The van der Waals surface area contributed by atoms with Crippen LogP contribution in [-0.2, 0) is 11.2 Å². The summed E-state index contributed by atoms with van der Waals surface area (Å²) < 4.78 is 16.1. The van der Waals surface area contributed by atoms with Crippen LogP contribution in [0.2, 0.25) is 0 Å². The fraction of sp³-hybridized carbons (Fsp3) is 0.300. The Kier molecular flexibility index (Phi) is 7.02. The first-order valence-corrected chi connectivity index (χ1v) is 8.28. The molecule has 1 amide bonds. The molecule has 0 heterocycles. The van der Waals surface area contributed by atoms with E-state index in [1.807, 2.05) is 18.2 Å². The molecule has 138 valence electrons. The van der Waals surface area contributed by atoms with Crippen LogP contribution in [0.3, 0.4) is 0 Å². The minimum Gasteiger partial charge on any atom is -0.493 e. The number of carbonyl (C=O) groups excluding carboxylic acids is 2. The Morgan fingerprint density at radius 3 is 2.38 bits per heavy atom. The molecule has 0 spiro atoms. The number of aldehydes is 1. The molecule has 0 fully saturated rings. The van der Waals surface area contributed by atoms with Crippen LogP contribution in [0.5, 0.6) is 17.2 Å². The lowest BCUT2D eigenvalue weighted by Crippen LogP contribution is -2.37. The fourth-order valence-electron chi connectivity index (χ4n) is 2.39. The molecule has 1 unspecified atom stereocenters. The zero-order valence-corrected chi connectivity index (χ0v) is 15.2. The van der Waals surface area contributed by atoms with Gasteiger partial charge >= 0.3 is 0 Å². The average Bonchev–Trinajstić information content (AvgIpc) is 2.68. The van der Waals surface area contributed by atoms with Gasteiger partial charge in [-0.1, -0.05) is 6.07 Å². The number of hydrogen-bond donors (Lipinski definition) is 1. The van der Waals surface area contributed by atoms with Crippen LogP contribution in [0.4, 0.5) is 0 Å². The van der Waals surface area contributed by atoms with E-state index in [2.05, 4.69) is 5.32 Å². The number of nitrogens with one attached hydrogen (secondary N) is 1. The zero-order valence-electron chi connectivity index (χ0n) is 15.2. The van der Waals surface area contributed by atoms with Gasteiger partial charge in [-0.3, -0.25) is 9.59 Å². The average molecular weight is 357 g/mol. The van der Waals surface area contributed by atoms with Gasteiger partial charge in [0.25, 0.3) is 5.91 Å². The monoisotopic (exact) mass is 357 g/mol. The Morgan fingerprint density at radius 2 is 1.77 bits per heavy atom. The van der Waals surface area contributed by atoms with Crippen LogP contribution >= 0.6 is 0 Å². The highest BCUT2D eigenvalue weighted by molar-refractivity contribution is 5.80. The number of carbonyl (C=O) groups is 2. The van der Waals surface area contributed by atoms with Crippen LogP contribution in [-0.4, -0.2) is 39.1 Å². The van der Waals surface area contributed by atoms with Crippen molar-refractivity contribution in [2.75, 3.05) is 20.8 Å². The molecule has 0 aliphatic heterocycles. The predicted octanol–water partition coefficient (Wildman–Crippen LogP) is 2.64. The standard InChI is InChI=1S/C20H23NO5/c1-14(26-17-7-4-16(13-22)5-8-17)20(23)21-11-10-15-6-9-18(24-2)19(12-15)25-3/h4-9,12-14H,10-11H2,1-3H3,(H,21,23). The normalized spacial score (nSPS) is 11.3. The van der Waals surface area contributed by atoms with E-state index in [4.69, 9.17) is 14.2 Å². The van der Waals surface area contributed by atoms with Gasteiger partial charge in [0, 0.05) is 12.1 Å². The molecule has 1 atom stereocenters. The first kappa shape index (κ1) is 19.3. The molecule has 26 heavy (non-hydrogen) atoms. The summed E-state index contributed by atoms with van der Waals surface area (Å²) in [6.07, 6.45) is 0.781. The molecule has 6 heteroatoms. The fourth-order valence-corrected chi connectivity index (χ4v) is 2.39. The van der Waals surface area contributed by atoms with Gasteiger partial charge < -0.3 is 19.5 Å². The van der Waals surface area contributed by atoms with Gasteiger partial charge in [-0.25, -0.2) is 0 Å². The van der Waals surface area contributed by atoms with Gasteiger partial charge in [0.15, 0.2) is 17.6 Å². The third-order valence-corrected chi connectivity index (χ3v) is 3.86. The quantitative estimate of drug-likeness (QED) is 0.699. The Hall–Kier alpha value is -3.02. The first-order chi connectivity index (χ1) is 12.6. The van der Waals surface area contributed by atoms with Crippen LogP contribution in [0, 0.1) is 0 Å². The second-order valence-corrected chi connectivity index (χ2v) is 5.68. The molecular formula is C20H23NO5. The second-order valence-electron chi connectivity index (χ2n) is 5.68. The van der Waals surface area contributed by atoms with E-state index in [-0.39, 0.29) is 5.91 Å². The van der Waals surface area contributed by atoms with Gasteiger partial charge in [0.2, 0.25) is 0 Å². The Morgan fingerprint density at radius 1 is 1.08 bits per heavy atom. The molecular weight excluding hydrogens is 334 g/mol. The van der Waals surface area contributed by atoms with E-state index in [1.165, 1.54) is 0 Å². The predicted molar refractivity (Wildman–Crippen MR) is 98.2 cm³/mol. The third-order valence-electron chi connectivity index (χ3n) is 3.86. The molecule has 0 aliphatic rings. The van der Waals surface area contributed by atoms with Crippen LogP contribution in [0.15, 0.2) is 42.5 Å². The molecule has 2 aromatic rings. The summed E-state index contributed by atoms with van der Waals surface area (Å²) in [5, 5.41) is 2.85. The summed E-state index contributed by atoms with van der Waals surface area (Å²) >= 11 is 0. The lowest BCUT2D eigenvalue weighted by molar-refractivity contribution is -0.127. The van der Waals surface area contributed by atoms with E-state index >= 15 is 0 Å². The molecule has 0 aliphatic carbocycles. The van der Waals surface area contributed by atoms with Gasteiger partial charge in [-0.15, -0.1) is 0 Å². The highest BCUT2D eigenvalue weighted by atomic mass is 16.5. The van der Waals surface area contributed by atoms with E-state index in [0.717, 1.165) is 11.8 Å². The van der Waals surface area contributed by atoms with E-state index in [9.17, 15) is 9.59 Å². The maximum Gasteiger partial charge on any atom is 0.260 e. The zero-order chi connectivity index (χ0) is 18.9. The van der Waals surface area contributed by atoms with Crippen molar-refractivity contribution in [3.05, 3.63) is 53.6 Å². The minimum atomic E-state index is -0.637. The maximum atomic E-state index is 12.1. The molecule has 1 N–H and O–H groups in total. The van der Waals surface area contributed by atoms with Crippen LogP contribution in [0.25, 0.3) is 0 Å². The van der Waals surface area contributed by atoms with Gasteiger partial charge in [0.05, 0.1) is 14.2 Å². The van der Waals surface area contributed by atoms with Crippen molar-refractivity contribution in [3.8, 4) is 17.2 Å². The van der Waals surface area contributed by atoms with Crippen molar-refractivity contribution < 1.29 is 23.8 Å². The van der Waals surface area contributed by atoms with Crippen LogP contribution < -0.4 is 19.5 Å². The molecule has 2 aromatic carbocycles. The second kappa shape index (κ2) is 9.46. The summed E-state index contributed by atoms with van der Waals surface area (Å²) in [6, 6.07) is 12.3. The topological polar surface area (TPSA) is 73.9 Å². The van der Waals surface area contributed by atoms with Crippen molar-refractivity contribution in [1.82, 2.24) is 5.32 Å². The SMILES string of the molecule is COc1ccc(CCNC(=O)C(C)Oc2ccc(C=O)cc2)cc1OC. The minimum absolute atomic E-state index is 0.204. The largest absolute Gasteiger partial charge is 0.493 e. The van der Waals surface area contributed by atoms with Gasteiger partial charge in [0.1, 0.15) is 12.0 Å². The summed E-state index contributed by atoms with van der Waals surface area (Å²) in [4.78, 5) is 22.8. The number of ether oxygens (including phenoxy) is 3. The lowest BCUT2D eigenvalue weighted by Gasteiger charge is -2.15. The number of methoxy groups -OCH3 is 2. The number of benzene rings is 2. The van der Waals surface area contributed by atoms with E-state index in [0.29, 0.717) is 35.8 Å². The highest BCUT2D eigenvalue weighted by Gasteiger charge is 2.14. The van der Waals surface area contributed by atoms with Crippen LogP contribution in [0.1, 0.15) is 22.8 Å². The first-order valence-electron chi connectivity index (χ1n) is 8.28. The summed E-state index contributed by atoms with van der Waals surface area (Å²) in [7, 11) is 3.18. The van der Waals surface area contributed by atoms with Crippen molar-refractivity contribution in [3.63, 3.8) is 0 Å². The van der Waals surface area contributed by atoms with Crippen molar-refractivity contribution in [2.45, 2.75) is 19.4 Å². The van der Waals surface area contributed by atoms with Crippen molar-refractivity contribution >= 4 is 12.2 Å². The molecule has 0 aromatic heterocycles. The van der Waals surface area contributed by atoms with Crippen molar-refractivity contribution in [1.29, 1.82) is 0 Å². The van der Waals surface area contributed by atoms with E-state index in [1.54, 1.807) is 45.4 Å². The molecule has 0 saturated heterocycles. The maximum absolute atomic E-state index is 12.1. The summed E-state index contributed by atoms with van der Waals surface area (Å²) in [5.41, 5.74) is 1.59.